The largest absolute Gasteiger partial charge is 0.271 e. The number of hydrazine groups is 1. The molecule has 0 radical (unpaired) electrons. The third-order valence-electron chi connectivity index (χ3n) is 5.56. The van der Waals surface area contributed by atoms with E-state index in [2.05, 4.69) is 36.6 Å². The molecule has 0 aromatic heterocycles. The van der Waals surface area contributed by atoms with Crippen LogP contribution in [0.25, 0.3) is 0 Å². The Hall–Kier alpha value is -0.860. The van der Waals surface area contributed by atoms with Gasteiger partial charge in [-0.15, -0.1) is 0 Å². The molecule has 0 heterocycles. The van der Waals surface area contributed by atoms with Gasteiger partial charge in [-0.1, -0.05) is 50.5 Å². The van der Waals surface area contributed by atoms with Crippen molar-refractivity contribution < 1.29 is 0 Å². The van der Waals surface area contributed by atoms with E-state index < -0.39 is 0 Å². The topological polar surface area (TPSA) is 38.0 Å². The maximum atomic E-state index is 5.89. The first-order chi connectivity index (χ1) is 9.78. The van der Waals surface area contributed by atoms with E-state index in [9.17, 15) is 0 Å². The Morgan fingerprint density at radius 2 is 1.85 bits per heavy atom. The molecule has 0 saturated heterocycles. The van der Waals surface area contributed by atoms with E-state index in [1.54, 1.807) is 0 Å². The third kappa shape index (κ3) is 2.91. The van der Waals surface area contributed by atoms with Gasteiger partial charge in [-0.3, -0.25) is 11.3 Å². The average Bonchev–Trinajstić information content (AvgIpc) is 2.40. The van der Waals surface area contributed by atoms with Crippen molar-refractivity contribution in [3.05, 3.63) is 35.4 Å². The molecular weight excluding hydrogens is 244 g/mol. The molecule has 110 valence electrons. The van der Waals surface area contributed by atoms with Crippen LogP contribution < -0.4 is 11.3 Å². The molecule has 2 heteroatoms. The highest BCUT2D eigenvalue weighted by Crippen LogP contribution is 2.39. The van der Waals surface area contributed by atoms with Crippen LogP contribution in [0.5, 0.6) is 0 Å². The molecule has 1 unspecified atom stereocenters. The molecule has 20 heavy (non-hydrogen) atoms. The smallest absolute Gasteiger partial charge is 0.0488 e. The van der Waals surface area contributed by atoms with Gasteiger partial charge in [0.05, 0.1) is 0 Å². The minimum atomic E-state index is 0.336. The fourth-order valence-corrected chi connectivity index (χ4v) is 3.87. The predicted molar refractivity (Wildman–Crippen MR) is 84.2 cm³/mol. The number of benzene rings is 1. The summed E-state index contributed by atoms with van der Waals surface area (Å²) in [6.45, 7) is 2.37. The lowest BCUT2D eigenvalue weighted by Crippen LogP contribution is -2.35. The Balaban J connectivity index is 1.74. The fourth-order valence-electron chi connectivity index (χ4n) is 3.87. The van der Waals surface area contributed by atoms with Crippen LogP contribution in [0, 0.1) is 11.8 Å². The van der Waals surface area contributed by atoms with Crippen LogP contribution in [-0.4, -0.2) is 0 Å². The quantitative estimate of drug-likeness (QED) is 0.634. The van der Waals surface area contributed by atoms with E-state index >= 15 is 0 Å². The van der Waals surface area contributed by atoms with Gasteiger partial charge in [0.15, 0.2) is 0 Å². The summed E-state index contributed by atoms with van der Waals surface area (Å²) in [6.07, 6.45) is 9.45. The van der Waals surface area contributed by atoms with E-state index in [-0.39, 0.29) is 0 Å². The molecule has 1 atom stereocenters. The van der Waals surface area contributed by atoms with Gasteiger partial charge in [0, 0.05) is 6.04 Å². The lowest BCUT2D eigenvalue weighted by atomic mass is 9.76. The van der Waals surface area contributed by atoms with Crippen LogP contribution in [-0.2, 0) is 0 Å². The summed E-state index contributed by atoms with van der Waals surface area (Å²) in [4.78, 5) is 0. The second-order valence-electron chi connectivity index (χ2n) is 6.96. The van der Waals surface area contributed by atoms with E-state index in [1.165, 1.54) is 56.1 Å². The van der Waals surface area contributed by atoms with Crippen molar-refractivity contribution >= 4 is 0 Å². The lowest BCUT2D eigenvalue weighted by molar-refractivity contribution is 0.232. The maximum Gasteiger partial charge on any atom is 0.0488 e. The molecule has 0 bridgehead atoms. The minimum absolute atomic E-state index is 0.336. The molecule has 0 spiro atoms. The van der Waals surface area contributed by atoms with Gasteiger partial charge in [-0.05, 0) is 54.6 Å². The number of hydrogen-bond acceptors (Lipinski definition) is 2. The van der Waals surface area contributed by atoms with Crippen molar-refractivity contribution in [3.63, 3.8) is 0 Å². The van der Waals surface area contributed by atoms with Crippen LogP contribution in [0.2, 0.25) is 0 Å². The Morgan fingerprint density at radius 1 is 1.10 bits per heavy atom. The highest BCUT2D eigenvalue weighted by atomic mass is 15.2. The molecule has 0 amide bonds. The average molecular weight is 272 g/mol. The molecule has 3 rings (SSSR count). The molecule has 2 fully saturated rings. The van der Waals surface area contributed by atoms with Gasteiger partial charge in [0.1, 0.15) is 0 Å². The molecule has 3 N–H and O–H groups in total. The highest BCUT2D eigenvalue weighted by Gasteiger charge is 2.27. The number of nitrogens with two attached hydrogens (primary N) is 1. The fraction of sp³-hybridized carbons (Fsp3) is 0.667. The Labute approximate surface area is 123 Å². The standard InChI is InChI=1S/C18H28N2/c1-13-8-10-15(11-9-13)18(20-19)17-7-3-6-16(12-17)14-4-2-5-14/h3,6-7,12-15,18,20H,2,4-5,8-11,19H2,1H3. The second-order valence-corrected chi connectivity index (χ2v) is 6.96. The number of nitrogens with one attached hydrogen (secondary N) is 1. The van der Waals surface area contributed by atoms with Crippen molar-refractivity contribution in [2.45, 2.75) is 63.8 Å². The highest BCUT2D eigenvalue weighted by molar-refractivity contribution is 5.30. The summed E-state index contributed by atoms with van der Waals surface area (Å²) in [5.41, 5.74) is 6.03. The van der Waals surface area contributed by atoms with E-state index in [0.29, 0.717) is 12.0 Å². The van der Waals surface area contributed by atoms with E-state index in [1.807, 2.05) is 0 Å². The number of hydrogen-bond donors (Lipinski definition) is 2. The van der Waals surface area contributed by atoms with Gasteiger partial charge in [-0.25, -0.2) is 0 Å². The molecule has 1 aromatic rings. The van der Waals surface area contributed by atoms with Crippen LogP contribution in [0.4, 0.5) is 0 Å². The Kier molecular flexibility index (Phi) is 4.42. The van der Waals surface area contributed by atoms with Crippen molar-refractivity contribution in [1.29, 1.82) is 0 Å². The van der Waals surface area contributed by atoms with E-state index in [4.69, 9.17) is 5.84 Å². The Bertz CT molecular complexity index is 431. The Morgan fingerprint density at radius 3 is 2.45 bits per heavy atom. The summed E-state index contributed by atoms with van der Waals surface area (Å²) in [6, 6.07) is 9.52. The maximum absolute atomic E-state index is 5.89. The van der Waals surface area contributed by atoms with Crippen LogP contribution in [0.3, 0.4) is 0 Å². The normalized spacial score (nSPS) is 28.9. The van der Waals surface area contributed by atoms with Gasteiger partial charge in [0.2, 0.25) is 0 Å². The monoisotopic (exact) mass is 272 g/mol. The third-order valence-corrected chi connectivity index (χ3v) is 5.56. The zero-order valence-corrected chi connectivity index (χ0v) is 12.6. The zero-order chi connectivity index (χ0) is 13.9. The van der Waals surface area contributed by atoms with Crippen molar-refractivity contribution in [2.24, 2.45) is 17.7 Å². The number of rotatable bonds is 4. The summed E-state index contributed by atoms with van der Waals surface area (Å²) >= 11 is 0. The first kappa shape index (κ1) is 14.1. The molecule has 2 saturated carbocycles. The van der Waals surface area contributed by atoms with Gasteiger partial charge < -0.3 is 0 Å². The van der Waals surface area contributed by atoms with Crippen LogP contribution in [0.1, 0.15) is 75.0 Å². The van der Waals surface area contributed by atoms with Crippen LogP contribution in [0.15, 0.2) is 24.3 Å². The van der Waals surface area contributed by atoms with Gasteiger partial charge in [-0.2, -0.15) is 0 Å². The molecule has 2 nitrogen and oxygen atoms in total. The summed E-state index contributed by atoms with van der Waals surface area (Å²) in [5.74, 6) is 8.29. The molecule has 2 aliphatic carbocycles. The zero-order valence-electron chi connectivity index (χ0n) is 12.6. The summed E-state index contributed by atoms with van der Waals surface area (Å²) < 4.78 is 0. The first-order valence-corrected chi connectivity index (χ1v) is 8.34. The van der Waals surface area contributed by atoms with Crippen LogP contribution >= 0.6 is 0 Å². The first-order valence-electron chi connectivity index (χ1n) is 8.34. The van der Waals surface area contributed by atoms with E-state index in [0.717, 1.165) is 11.8 Å². The summed E-state index contributed by atoms with van der Waals surface area (Å²) in [7, 11) is 0. The van der Waals surface area contributed by atoms with Crippen molar-refractivity contribution in [3.8, 4) is 0 Å². The molecular formula is C18H28N2. The SMILES string of the molecule is CC1CCC(C(NN)c2cccc(C3CCC3)c2)CC1. The lowest BCUT2D eigenvalue weighted by Gasteiger charge is -2.33. The predicted octanol–water partition coefficient (Wildman–Crippen LogP) is 4.28. The molecule has 2 aliphatic rings. The second kappa shape index (κ2) is 6.28. The van der Waals surface area contributed by atoms with Crippen molar-refractivity contribution in [2.75, 3.05) is 0 Å². The summed E-state index contributed by atoms with van der Waals surface area (Å²) in [5, 5.41) is 0. The minimum Gasteiger partial charge on any atom is -0.271 e. The molecule has 0 aliphatic heterocycles. The van der Waals surface area contributed by atoms with Gasteiger partial charge >= 0.3 is 0 Å². The van der Waals surface area contributed by atoms with Gasteiger partial charge in [0.25, 0.3) is 0 Å². The van der Waals surface area contributed by atoms with Crippen molar-refractivity contribution in [1.82, 2.24) is 5.43 Å². The molecule has 1 aromatic carbocycles.